The lowest BCUT2D eigenvalue weighted by atomic mass is 10.0. The molecule has 10 heteroatoms. The Balaban J connectivity index is 1.61. The van der Waals surface area contributed by atoms with Crippen molar-refractivity contribution in [2.45, 2.75) is 37.2 Å². The molecule has 0 amide bonds. The zero-order chi connectivity index (χ0) is 19.5. The highest BCUT2D eigenvalue weighted by atomic mass is 32.1. The predicted octanol–water partition coefficient (Wildman–Crippen LogP) is 3.49. The summed E-state index contributed by atoms with van der Waals surface area (Å²) in [7, 11) is 0. The second-order valence-corrected chi connectivity index (χ2v) is 8.13. The second kappa shape index (κ2) is 6.43. The maximum atomic E-state index is 13.1. The zero-order valence-electron chi connectivity index (χ0n) is 14.6. The van der Waals surface area contributed by atoms with Crippen molar-refractivity contribution in [1.82, 2.24) is 15.3 Å². The summed E-state index contributed by atoms with van der Waals surface area (Å²) in [4.78, 5) is 10.7. The van der Waals surface area contributed by atoms with Crippen LogP contribution in [0.1, 0.15) is 24.5 Å². The molecule has 2 saturated heterocycles. The minimum atomic E-state index is -4.77. The summed E-state index contributed by atoms with van der Waals surface area (Å²) in [6, 6.07) is 3.67. The molecule has 2 aliphatic rings. The molecule has 3 unspecified atom stereocenters. The molecule has 5 rings (SSSR count). The van der Waals surface area contributed by atoms with Gasteiger partial charge in [-0.3, -0.25) is 0 Å². The van der Waals surface area contributed by atoms with Gasteiger partial charge in [-0.1, -0.05) is 0 Å². The number of hydrogen-bond acceptors (Lipinski definition) is 7. The van der Waals surface area contributed by atoms with Gasteiger partial charge in [0.05, 0.1) is 5.56 Å². The largest absolute Gasteiger partial charge is 0.423 e. The molecule has 3 atom stereocenters. The molecule has 2 aromatic heterocycles. The van der Waals surface area contributed by atoms with Crippen molar-refractivity contribution >= 4 is 28.5 Å². The van der Waals surface area contributed by atoms with Gasteiger partial charge in [0.25, 0.3) is 6.01 Å². The average Bonchev–Trinajstić information content (AvgIpc) is 3.39. The third-order valence-electron chi connectivity index (χ3n) is 5.28. The fourth-order valence-corrected chi connectivity index (χ4v) is 4.64. The Bertz CT molecular complexity index is 992. The fraction of sp³-hybridized carbons (Fsp3) is 0.444. The van der Waals surface area contributed by atoms with Crippen molar-refractivity contribution in [3.8, 4) is 10.6 Å². The van der Waals surface area contributed by atoms with Crippen molar-refractivity contribution in [2.24, 2.45) is 0 Å². The van der Waals surface area contributed by atoms with Gasteiger partial charge in [0.1, 0.15) is 10.5 Å². The van der Waals surface area contributed by atoms with Gasteiger partial charge in [0, 0.05) is 36.8 Å². The minimum absolute atomic E-state index is 0.273. The normalized spacial score (nSPS) is 23.5. The third-order valence-corrected chi connectivity index (χ3v) is 6.08. The Morgan fingerprint density at radius 2 is 2.00 bits per heavy atom. The van der Waals surface area contributed by atoms with Crippen molar-refractivity contribution in [3.63, 3.8) is 0 Å². The Hall–Kier alpha value is -2.17. The van der Waals surface area contributed by atoms with Crippen LogP contribution in [0, 0.1) is 0 Å². The van der Waals surface area contributed by atoms with Crippen LogP contribution >= 0.6 is 11.3 Å². The summed E-state index contributed by atoms with van der Waals surface area (Å²) in [5.41, 5.74) is 0.800. The summed E-state index contributed by atoms with van der Waals surface area (Å²) in [5, 5.41) is 15.5. The van der Waals surface area contributed by atoms with Crippen molar-refractivity contribution in [2.75, 3.05) is 18.0 Å². The Morgan fingerprint density at radius 1 is 1.25 bits per heavy atom. The van der Waals surface area contributed by atoms with Crippen LogP contribution in [0.25, 0.3) is 21.7 Å². The SMILES string of the molecule is OC(c1cc(-c2nccs2)c2oc(N3CC4CCC(C3)N4)nc2c1)C(F)(F)F. The number of halogens is 3. The van der Waals surface area contributed by atoms with Gasteiger partial charge >= 0.3 is 6.18 Å². The van der Waals surface area contributed by atoms with Crippen molar-refractivity contribution in [1.29, 1.82) is 0 Å². The van der Waals surface area contributed by atoms with E-state index in [0.717, 1.165) is 25.9 Å². The maximum Gasteiger partial charge on any atom is 0.418 e. The molecule has 6 nitrogen and oxygen atoms in total. The summed E-state index contributed by atoms with van der Waals surface area (Å²) < 4.78 is 45.2. The number of nitrogens with one attached hydrogen (secondary N) is 1. The number of aliphatic hydroxyl groups is 1. The molecule has 0 spiro atoms. The van der Waals surface area contributed by atoms with E-state index in [-0.39, 0.29) is 11.1 Å². The molecule has 0 aliphatic carbocycles. The number of benzene rings is 1. The van der Waals surface area contributed by atoms with Gasteiger partial charge in [0.2, 0.25) is 0 Å². The smallest absolute Gasteiger partial charge is 0.418 e. The first-order valence-corrected chi connectivity index (χ1v) is 9.86. The van der Waals surface area contributed by atoms with Crippen LogP contribution in [0.4, 0.5) is 19.2 Å². The summed E-state index contributed by atoms with van der Waals surface area (Å²) in [6.45, 7) is 1.49. The second-order valence-electron chi connectivity index (χ2n) is 7.24. The highest BCUT2D eigenvalue weighted by molar-refractivity contribution is 7.13. The van der Waals surface area contributed by atoms with Crippen molar-refractivity contribution < 1.29 is 22.7 Å². The lowest BCUT2D eigenvalue weighted by Gasteiger charge is -2.31. The van der Waals surface area contributed by atoms with Gasteiger partial charge in [-0.15, -0.1) is 11.3 Å². The van der Waals surface area contributed by atoms with E-state index in [1.54, 1.807) is 11.6 Å². The number of nitrogens with zero attached hydrogens (tertiary/aromatic N) is 3. The molecule has 4 heterocycles. The molecule has 2 N–H and O–H groups in total. The van der Waals surface area contributed by atoms with Crippen LogP contribution in [-0.2, 0) is 0 Å². The van der Waals surface area contributed by atoms with Crippen LogP contribution in [0.5, 0.6) is 0 Å². The van der Waals surface area contributed by atoms with Crippen molar-refractivity contribution in [3.05, 3.63) is 29.3 Å². The number of aromatic nitrogens is 2. The van der Waals surface area contributed by atoms with Crippen LogP contribution in [0.2, 0.25) is 0 Å². The van der Waals surface area contributed by atoms with Gasteiger partial charge < -0.3 is 19.7 Å². The van der Waals surface area contributed by atoms with Gasteiger partial charge in [-0.25, -0.2) is 4.98 Å². The van der Waals surface area contributed by atoms with Gasteiger partial charge in [-0.05, 0) is 30.5 Å². The standard InChI is InChI=1S/C18H17F3N4O2S/c19-18(20,21)15(26)9-5-12(16-22-3-4-28-16)14-13(6-9)24-17(27-14)25-7-10-1-2-11(8-25)23-10/h3-6,10-11,15,23,26H,1-2,7-8H2. The van der Waals surface area contributed by atoms with E-state index in [2.05, 4.69) is 15.3 Å². The quantitative estimate of drug-likeness (QED) is 0.689. The molecule has 28 heavy (non-hydrogen) atoms. The fourth-order valence-electron chi connectivity index (χ4n) is 3.99. The molecule has 0 saturated carbocycles. The highest BCUT2D eigenvalue weighted by Gasteiger charge is 2.40. The molecular formula is C18H17F3N4O2S. The molecule has 2 bridgehead atoms. The van der Waals surface area contributed by atoms with Crippen LogP contribution in [0.3, 0.4) is 0 Å². The molecule has 2 fully saturated rings. The molecule has 0 radical (unpaired) electrons. The Labute approximate surface area is 162 Å². The number of rotatable bonds is 3. The number of oxazole rings is 1. The first-order valence-electron chi connectivity index (χ1n) is 8.98. The first kappa shape index (κ1) is 17.9. The number of hydrogen-bond donors (Lipinski definition) is 2. The van der Waals surface area contributed by atoms with E-state index in [9.17, 15) is 18.3 Å². The number of anilines is 1. The monoisotopic (exact) mass is 410 g/mol. The first-order chi connectivity index (χ1) is 13.4. The topological polar surface area (TPSA) is 74.4 Å². The number of piperazine rings is 1. The predicted molar refractivity (Wildman–Crippen MR) is 98.3 cm³/mol. The highest BCUT2D eigenvalue weighted by Crippen LogP contribution is 2.39. The number of thiazole rings is 1. The van der Waals surface area contributed by atoms with E-state index >= 15 is 0 Å². The van der Waals surface area contributed by atoms with E-state index in [0.29, 0.717) is 34.3 Å². The molecule has 3 aromatic rings. The van der Waals surface area contributed by atoms with Crippen LogP contribution in [-0.4, -0.2) is 46.4 Å². The number of fused-ring (bicyclic) bond motifs is 3. The number of aliphatic hydroxyl groups excluding tert-OH is 1. The van der Waals surface area contributed by atoms with Crippen LogP contribution < -0.4 is 10.2 Å². The summed E-state index contributed by atoms with van der Waals surface area (Å²) in [5.74, 6) is 0. The van der Waals surface area contributed by atoms with E-state index < -0.39 is 12.3 Å². The maximum absolute atomic E-state index is 13.1. The average molecular weight is 410 g/mol. The molecule has 1 aromatic carbocycles. The zero-order valence-corrected chi connectivity index (χ0v) is 15.4. The van der Waals surface area contributed by atoms with Gasteiger partial charge in [-0.2, -0.15) is 18.2 Å². The molecular weight excluding hydrogens is 393 g/mol. The third kappa shape index (κ3) is 3.05. The number of alkyl halides is 3. The Kier molecular flexibility index (Phi) is 4.11. The van der Waals surface area contributed by atoms with E-state index in [1.807, 2.05) is 4.90 Å². The molecule has 2 aliphatic heterocycles. The summed E-state index contributed by atoms with van der Waals surface area (Å²) >= 11 is 1.29. The lowest BCUT2D eigenvalue weighted by Crippen LogP contribution is -2.51. The van der Waals surface area contributed by atoms with E-state index in [1.165, 1.54) is 23.5 Å². The van der Waals surface area contributed by atoms with Crippen LogP contribution in [0.15, 0.2) is 28.1 Å². The molecule has 148 valence electrons. The Morgan fingerprint density at radius 3 is 2.64 bits per heavy atom. The lowest BCUT2D eigenvalue weighted by molar-refractivity contribution is -0.206. The summed E-state index contributed by atoms with van der Waals surface area (Å²) in [6.07, 6.45) is -3.60. The minimum Gasteiger partial charge on any atom is -0.423 e. The van der Waals surface area contributed by atoms with E-state index in [4.69, 9.17) is 4.42 Å². The van der Waals surface area contributed by atoms with Gasteiger partial charge in [0.15, 0.2) is 11.7 Å².